The van der Waals surface area contributed by atoms with Crippen LogP contribution in [-0.4, -0.2) is 23.2 Å². The van der Waals surface area contributed by atoms with Crippen LogP contribution >= 0.6 is 23.4 Å². The highest BCUT2D eigenvalue weighted by atomic mass is 35.5. The van der Waals surface area contributed by atoms with Crippen molar-refractivity contribution in [3.05, 3.63) is 35.5 Å². The first-order valence-corrected chi connectivity index (χ1v) is 7.66. The molecule has 0 unspecified atom stereocenters. The van der Waals surface area contributed by atoms with E-state index in [1.165, 1.54) is 11.8 Å². The highest BCUT2D eigenvalue weighted by molar-refractivity contribution is 7.99. The van der Waals surface area contributed by atoms with E-state index in [1.807, 2.05) is 19.1 Å². The SMILES string of the molecule is CCCNC(=O)CSc1ncc(-c2ccc(Cl)cc2)o1. The molecule has 0 spiro atoms. The van der Waals surface area contributed by atoms with E-state index in [9.17, 15) is 4.79 Å². The third-order valence-corrected chi connectivity index (χ3v) is 3.61. The predicted octanol–water partition coefficient (Wildman–Crippen LogP) is 3.61. The van der Waals surface area contributed by atoms with Gasteiger partial charge in [-0.15, -0.1) is 0 Å². The molecule has 2 aromatic rings. The van der Waals surface area contributed by atoms with Crippen LogP contribution in [0.4, 0.5) is 0 Å². The molecule has 0 aliphatic rings. The van der Waals surface area contributed by atoms with Gasteiger partial charge in [0.15, 0.2) is 5.76 Å². The van der Waals surface area contributed by atoms with Gasteiger partial charge in [-0.05, 0) is 30.7 Å². The number of aromatic nitrogens is 1. The van der Waals surface area contributed by atoms with Gasteiger partial charge in [0.25, 0.3) is 5.22 Å². The number of hydrogen-bond donors (Lipinski definition) is 1. The van der Waals surface area contributed by atoms with Gasteiger partial charge >= 0.3 is 0 Å². The highest BCUT2D eigenvalue weighted by Gasteiger charge is 2.09. The van der Waals surface area contributed by atoms with Crippen LogP contribution in [0, 0.1) is 0 Å². The first-order chi connectivity index (χ1) is 9.69. The maximum atomic E-state index is 11.5. The van der Waals surface area contributed by atoms with Crippen molar-refractivity contribution in [2.45, 2.75) is 18.6 Å². The summed E-state index contributed by atoms with van der Waals surface area (Å²) in [5.74, 6) is 0.960. The molecule has 1 amide bonds. The zero-order valence-corrected chi connectivity index (χ0v) is 12.6. The normalized spacial score (nSPS) is 10.5. The van der Waals surface area contributed by atoms with Crippen LogP contribution in [0.1, 0.15) is 13.3 Å². The van der Waals surface area contributed by atoms with Crippen LogP contribution in [-0.2, 0) is 4.79 Å². The standard InChI is InChI=1S/C14H15ClN2O2S/c1-2-7-16-13(18)9-20-14-17-8-12(19-14)10-3-5-11(15)6-4-10/h3-6,8H,2,7,9H2,1H3,(H,16,18). The third kappa shape index (κ3) is 4.28. The van der Waals surface area contributed by atoms with Gasteiger partial charge in [0.1, 0.15) is 0 Å². The summed E-state index contributed by atoms with van der Waals surface area (Å²) in [6, 6.07) is 7.32. The van der Waals surface area contributed by atoms with Crippen molar-refractivity contribution >= 4 is 29.3 Å². The molecule has 1 heterocycles. The fraction of sp³-hybridized carbons (Fsp3) is 0.286. The van der Waals surface area contributed by atoms with Crippen molar-refractivity contribution in [1.82, 2.24) is 10.3 Å². The first kappa shape index (κ1) is 14.9. The molecule has 0 fully saturated rings. The number of oxazole rings is 1. The fourth-order valence-electron chi connectivity index (χ4n) is 1.52. The monoisotopic (exact) mass is 310 g/mol. The Hall–Kier alpha value is -1.46. The largest absolute Gasteiger partial charge is 0.431 e. The number of nitrogens with one attached hydrogen (secondary N) is 1. The molecule has 0 radical (unpaired) electrons. The second-order valence-electron chi connectivity index (χ2n) is 4.14. The van der Waals surface area contributed by atoms with Gasteiger partial charge < -0.3 is 9.73 Å². The number of halogens is 1. The molecule has 1 N–H and O–H groups in total. The zero-order chi connectivity index (χ0) is 14.4. The van der Waals surface area contributed by atoms with Crippen molar-refractivity contribution < 1.29 is 9.21 Å². The van der Waals surface area contributed by atoms with E-state index in [0.717, 1.165) is 12.0 Å². The number of thioether (sulfide) groups is 1. The van der Waals surface area contributed by atoms with Gasteiger partial charge in [0, 0.05) is 17.1 Å². The average Bonchev–Trinajstić information content (AvgIpc) is 2.92. The highest BCUT2D eigenvalue weighted by Crippen LogP contribution is 2.26. The van der Waals surface area contributed by atoms with Crippen molar-refractivity contribution in [1.29, 1.82) is 0 Å². The molecule has 0 saturated carbocycles. The van der Waals surface area contributed by atoms with Gasteiger partial charge in [-0.2, -0.15) is 0 Å². The van der Waals surface area contributed by atoms with Gasteiger partial charge in [0.05, 0.1) is 11.9 Å². The molecule has 0 atom stereocenters. The van der Waals surface area contributed by atoms with Crippen molar-refractivity contribution in [2.75, 3.05) is 12.3 Å². The van der Waals surface area contributed by atoms with Crippen LogP contribution < -0.4 is 5.32 Å². The molecule has 106 valence electrons. The van der Waals surface area contributed by atoms with E-state index in [0.29, 0.717) is 28.3 Å². The maximum absolute atomic E-state index is 11.5. The summed E-state index contributed by atoms with van der Waals surface area (Å²) in [6.45, 7) is 2.71. The number of amides is 1. The van der Waals surface area contributed by atoms with Gasteiger partial charge in [-0.3, -0.25) is 4.79 Å². The fourth-order valence-corrected chi connectivity index (χ4v) is 2.27. The summed E-state index contributed by atoms with van der Waals surface area (Å²) in [6.07, 6.45) is 2.58. The Bertz CT molecular complexity index is 569. The molecular weight excluding hydrogens is 296 g/mol. The van der Waals surface area contributed by atoms with E-state index < -0.39 is 0 Å². The molecular formula is C14H15ClN2O2S. The lowest BCUT2D eigenvalue weighted by atomic mass is 10.2. The average molecular weight is 311 g/mol. The Morgan fingerprint density at radius 3 is 2.85 bits per heavy atom. The Morgan fingerprint density at radius 2 is 2.15 bits per heavy atom. The lowest BCUT2D eigenvalue weighted by molar-refractivity contribution is -0.118. The van der Waals surface area contributed by atoms with E-state index >= 15 is 0 Å². The number of carbonyl (C=O) groups excluding carboxylic acids is 1. The van der Waals surface area contributed by atoms with E-state index in [4.69, 9.17) is 16.0 Å². The lowest BCUT2D eigenvalue weighted by Gasteiger charge is -2.00. The van der Waals surface area contributed by atoms with Crippen molar-refractivity contribution in [3.63, 3.8) is 0 Å². The summed E-state index contributed by atoms with van der Waals surface area (Å²) in [4.78, 5) is 15.6. The molecule has 1 aromatic heterocycles. The number of carbonyl (C=O) groups is 1. The quantitative estimate of drug-likeness (QED) is 0.828. The topological polar surface area (TPSA) is 55.1 Å². The zero-order valence-electron chi connectivity index (χ0n) is 11.1. The van der Waals surface area contributed by atoms with Crippen molar-refractivity contribution in [2.24, 2.45) is 0 Å². The summed E-state index contributed by atoms with van der Waals surface area (Å²) in [5, 5.41) is 3.97. The van der Waals surface area contributed by atoms with Crippen LogP contribution in [0.15, 0.2) is 40.1 Å². The second kappa shape index (κ2) is 7.36. The molecule has 20 heavy (non-hydrogen) atoms. The van der Waals surface area contributed by atoms with Gasteiger partial charge in [0.2, 0.25) is 5.91 Å². The van der Waals surface area contributed by atoms with E-state index in [1.54, 1.807) is 18.3 Å². The summed E-state index contributed by atoms with van der Waals surface area (Å²) >= 11 is 7.12. The van der Waals surface area contributed by atoms with Gasteiger partial charge in [-0.25, -0.2) is 4.98 Å². The maximum Gasteiger partial charge on any atom is 0.256 e. The van der Waals surface area contributed by atoms with Crippen LogP contribution in [0.3, 0.4) is 0 Å². The molecule has 0 saturated heterocycles. The van der Waals surface area contributed by atoms with Crippen LogP contribution in [0.5, 0.6) is 0 Å². The minimum absolute atomic E-state index is 0.0110. The summed E-state index contributed by atoms with van der Waals surface area (Å²) in [7, 11) is 0. The number of benzene rings is 1. The predicted molar refractivity (Wildman–Crippen MR) is 81.0 cm³/mol. The lowest BCUT2D eigenvalue weighted by Crippen LogP contribution is -2.25. The molecule has 0 aliphatic carbocycles. The minimum atomic E-state index is -0.0110. The summed E-state index contributed by atoms with van der Waals surface area (Å²) in [5.41, 5.74) is 0.907. The molecule has 6 heteroatoms. The van der Waals surface area contributed by atoms with Crippen molar-refractivity contribution in [3.8, 4) is 11.3 Å². The number of nitrogens with zero attached hydrogens (tertiary/aromatic N) is 1. The number of rotatable bonds is 6. The Labute approximate surface area is 126 Å². The number of hydrogen-bond acceptors (Lipinski definition) is 4. The Kier molecular flexibility index (Phi) is 5.49. The Morgan fingerprint density at radius 1 is 1.40 bits per heavy atom. The molecule has 0 aliphatic heterocycles. The van der Waals surface area contributed by atoms with Crippen LogP contribution in [0.2, 0.25) is 5.02 Å². The van der Waals surface area contributed by atoms with Gasteiger partial charge in [-0.1, -0.05) is 30.3 Å². The molecule has 4 nitrogen and oxygen atoms in total. The first-order valence-electron chi connectivity index (χ1n) is 6.30. The molecule has 1 aromatic carbocycles. The van der Waals surface area contributed by atoms with E-state index in [-0.39, 0.29) is 5.91 Å². The Balaban J connectivity index is 1.92. The minimum Gasteiger partial charge on any atom is -0.431 e. The van der Waals surface area contributed by atoms with E-state index in [2.05, 4.69) is 10.3 Å². The molecule has 2 rings (SSSR count). The third-order valence-electron chi connectivity index (χ3n) is 2.51. The smallest absolute Gasteiger partial charge is 0.256 e. The van der Waals surface area contributed by atoms with Crippen LogP contribution in [0.25, 0.3) is 11.3 Å². The second-order valence-corrected chi connectivity index (χ2v) is 5.50. The summed E-state index contributed by atoms with van der Waals surface area (Å²) < 4.78 is 5.59. The molecule has 0 bridgehead atoms.